The molecule has 2 aromatic carbocycles. The lowest BCUT2D eigenvalue weighted by molar-refractivity contribution is -0.864. The van der Waals surface area contributed by atoms with Crippen molar-refractivity contribution in [2.45, 2.75) is 6.04 Å². The molecule has 0 bridgehead atoms. The van der Waals surface area contributed by atoms with Gasteiger partial charge >= 0.3 is 5.97 Å². The SMILES string of the molecule is O=C(O)C(CS)Nc1c2ccccc2[n+](O)c2ccccc12. The predicted molar refractivity (Wildman–Crippen MR) is 87.7 cm³/mol. The van der Waals surface area contributed by atoms with Gasteiger partial charge in [-0.05, 0) is 12.1 Å². The van der Waals surface area contributed by atoms with Gasteiger partial charge in [-0.2, -0.15) is 12.6 Å². The van der Waals surface area contributed by atoms with E-state index >= 15 is 0 Å². The van der Waals surface area contributed by atoms with Crippen molar-refractivity contribution in [1.29, 1.82) is 0 Å². The number of carbonyl (C=O) groups is 1. The summed E-state index contributed by atoms with van der Waals surface area (Å²) in [6, 6.07) is 13.8. The minimum atomic E-state index is -0.969. The maximum absolute atomic E-state index is 11.3. The molecule has 0 aliphatic heterocycles. The van der Waals surface area contributed by atoms with E-state index in [1.54, 1.807) is 12.1 Å². The van der Waals surface area contributed by atoms with Gasteiger partial charge in [-0.25, -0.2) is 4.79 Å². The molecule has 6 heteroatoms. The monoisotopic (exact) mass is 315 g/mol. The topological polar surface area (TPSA) is 73.4 Å². The number of nitrogens with zero attached hydrogens (tertiary/aromatic N) is 1. The molecule has 0 aliphatic rings. The van der Waals surface area contributed by atoms with Crippen LogP contribution >= 0.6 is 12.6 Å². The number of carboxylic acids is 1. The van der Waals surface area contributed by atoms with Gasteiger partial charge in [0.15, 0.2) is 0 Å². The highest BCUT2D eigenvalue weighted by Gasteiger charge is 2.23. The number of fused-ring (bicyclic) bond motifs is 2. The molecule has 22 heavy (non-hydrogen) atoms. The zero-order chi connectivity index (χ0) is 15.7. The van der Waals surface area contributed by atoms with E-state index in [0.717, 1.165) is 15.5 Å². The van der Waals surface area contributed by atoms with Crippen molar-refractivity contribution in [2.75, 3.05) is 11.1 Å². The van der Waals surface area contributed by atoms with Crippen molar-refractivity contribution < 1.29 is 19.8 Å². The molecule has 5 nitrogen and oxygen atoms in total. The number of benzene rings is 2. The Hall–Kier alpha value is -2.47. The third-order valence-corrected chi connectivity index (χ3v) is 3.97. The third kappa shape index (κ3) is 2.31. The number of hydrogen-bond donors (Lipinski definition) is 4. The molecule has 3 rings (SSSR count). The zero-order valence-electron chi connectivity index (χ0n) is 11.6. The smallest absolute Gasteiger partial charge is 0.326 e. The number of aliphatic carboxylic acids is 1. The number of anilines is 1. The van der Waals surface area contributed by atoms with Crippen molar-refractivity contribution in [3.63, 3.8) is 0 Å². The predicted octanol–water partition coefficient (Wildman–Crippen LogP) is 2.31. The maximum atomic E-state index is 11.3. The van der Waals surface area contributed by atoms with Crippen molar-refractivity contribution >= 4 is 46.1 Å². The second kappa shape index (κ2) is 5.73. The molecule has 3 aromatic rings. The highest BCUT2D eigenvalue weighted by molar-refractivity contribution is 7.80. The highest BCUT2D eigenvalue weighted by atomic mass is 32.1. The molecule has 1 heterocycles. The molecule has 0 saturated carbocycles. The van der Waals surface area contributed by atoms with Crippen LogP contribution in [0, 0.1) is 0 Å². The van der Waals surface area contributed by atoms with Crippen LogP contribution in [0.1, 0.15) is 0 Å². The first-order valence-corrected chi connectivity index (χ1v) is 7.41. The highest BCUT2D eigenvalue weighted by Crippen LogP contribution is 2.29. The average Bonchev–Trinajstić information content (AvgIpc) is 2.55. The Labute approximate surface area is 132 Å². The molecule has 0 amide bonds. The van der Waals surface area contributed by atoms with Crippen LogP contribution in [0.2, 0.25) is 0 Å². The van der Waals surface area contributed by atoms with Crippen molar-refractivity contribution in [3.05, 3.63) is 48.5 Å². The Balaban J connectivity index is 2.34. The van der Waals surface area contributed by atoms with Crippen LogP contribution in [0.15, 0.2) is 48.5 Å². The summed E-state index contributed by atoms with van der Waals surface area (Å²) in [5, 5.41) is 24.2. The fourth-order valence-electron chi connectivity index (χ4n) is 2.53. The summed E-state index contributed by atoms with van der Waals surface area (Å²) >= 11 is 4.10. The molecule has 0 aliphatic carbocycles. The van der Waals surface area contributed by atoms with E-state index in [-0.39, 0.29) is 5.75 Å². The van der Waals surface area contributed by atoms with E-state index in [1.165, 1.54) is 0 Å². The summed E-state index contributed by atoms with van der Waals surface area (Å²) in [4.78, 5) is 11.3. The van der Waals surface area contributed by atoms with E-state index < -0.39 is 12.0 Å². The van der Waals surface area contributed by atoms with E-state index in [1.807, 2.05) is 36.4 Å². The molecular weight excluding hydrogens is 300 g/mol. The molecule has 1 unspecified atom stereocenters. The van der Waals surface area contributed by atoms with Crippen LogP contribution in [0.3, 0.4) is 0 Å². The van der Waals surface area contributed by atoms with Crippen molar-refractivity contribution in [2.24, 2.45) is 0 Å². The van der Waals surface area contributed by atoms with Gasteiger partial charge in [-0.15, -0.1) is 0 Å². The summed E-state index contributed by atoms with van der Waals surface area (Å²) < 4.78 is 1.12. The number of hydrogen-bond acceptors (Lipinski definition) is 4. The van der Waals surface area contributed by atoms with Gasteiger partial charge in [0.1, 0.15) is 6.04 Å². The maximum Gasteiger partial charge on any atom is 0.326 e. The summed E-state index contributed by atoms with van der Waals surface area (Å²) in [6.45, 7) is 0. The minimum Gasteiger partial charge on any atom is -0.480 e. The Morgan fingerprint density at radius 2 is 1.59 bits per heavy atom. The second-order valence-corrected chi connectivity index (χ2v) is 5.30. The first-order valence-electron chi connectivity index (χ1n) is 6.78. The third-order valence-electron chi connectivity index (χ3n) is 3.60. The molecule has 112 valence electrons. The minimum absolute atomic E-state index is 0.159. The van der Waals surface area contributed by atoms with Crippen molar-refractivity contribution in [3.8, 4) is 0 Å². The lowest BCUT2D eigenvalue weighted by atomic mass is 10.1. The van der Waals surface area contributed by atoms with Crippen LogP contribution in [-0.4, -0.2) is 28.1 Å². The largest absolute Gasteiger partial charge is 0.480 e. The molecule has 0 spiro atoms. The van der Waals surface area contributed by atoms with Crippen LogP contribution in [0.4, 0.5) is 5.69 Å². The van der Waals surface area contributed by atoms with Gasteiger partial charge in [0.05, 0.1) is 16.5 Å². The lowest BCUT2D eigenvalue weighted by Crippen LogP contribution is -2.34. The number of para-hydroxylation sites is 2. The molecule has 0 fully saturated rings. The molecule has 3 N–H and O–H groups in total. The molecule has 0 saturated heterocycles. The summed E-state index contributed by atoms with van der Waals surface area (Å²) in [5.74, 6) is -0.810. The molecule has 1 atom stereocenters. The van der Waals surface area contributed by atoms with E-state index in [2.05, 4.69) is 17.9 Å². The van der Waals surface area contributed by atoms with Gasteiger partial charge < -0.3 is 10.4 Å². The Kier molecular flexibility index (Phi) is 3.77. The number of aromatic nitrogens is 1. The van der Waals surface area contributed by atoms with E-state index in [9.17, 15) is 15.1 Å². The van der Waals surface area contributed by atoms with Gasteiger partial charge in [0.2, 0.25) is 0 Å². The van der Waals surface area contributed by atoms with Crippen LogP contribution in [-0.2, 0) is 4.79 Å². The second-order valence-electron chi connectivity index (χ2n) is 4.94. The first kappa shape index (κ1) is 14.5. The first-order chi connectivity index (χ1) is 10.6. The zero-order valence-corrected chi connectivity index (χ0v) is 12.5. The Morgan fingerprint density at radius 1 is 1.09 bits per heavy atom. The van der Waals surface area contributed by atoms with Gasteiger partial charge in [0.25, 0.3) is 11.0 Å². The number of carboxylic acid groups (broad SMARTS) is 1. The molecule has 1 aromatic heterocycles. The molecular formula is C16H15N2O3S+. The van der Waals surface area contributed by atoms with Crippen molar-refractivity contribution in [1.82, 2.24) is 0 Å². The van der Waals surface area contributed by atoms with Gasteiger partial charge in [0, 0.05) is 22.6 Å². The number of pyridine rings is 1. The lowest BCUT2D eigenvalue weighted by Gasteiger charge is -2.16. The molecule has 0 radical (unpaired) electrons. The Morgan fingerprint density at radius 3 is 2.05 bits per heavy atom. The number of thiol groups is 1. The average molecular weight is 315 g/mol. The summed E-state index contributed by atoms with van der Waals surface area (Å²) in [7, 11) is 0. The fourth-order valence-corrected chi connectivity index (χ4v) is 2.78. The van der Waals surface area contributed by atoms with Crippen LogP contribution in [0.25, 0.3) is 21.8 Å². The van der Waals surface area contributed by atoms with E-state index in [0.29, 0.717) is 16.7 Å². The number of nitrogens with one attached hydrogen (secondary N) is 1. The van der Waals surface area contributed by atoms with Gasteiger partial charge in [-0.1, -0.05) is 24.3 Å². The number of rotatable bonds is 4. The summed E-state index contributed by atoms with van der Waals surface area (Å²) in [6.07, 6.45) is 0. The fraction of sp³-hybridized carbons (Fsp3) is 0.125. The van der Waals surface area contributed by atoms with Gasteiger partial charge in [-0.3, -0.25) is 5.21 Å². The van der Waals surface area contributed by atoms with Crippen LogP contribution < -0.4 is 10.0 Å². The normalized spacial score (nSPS) is 12.4. The van der Waals surface area contributed by atoms with E-state index in [4.69, 9.17) is 0 Å². The Bertz CT molecular complexity index is 810. The summed E-state index contributed by atoms with van der Waals surface area (Å²) in [5.41, 5.74) is 1.89. The standard InChI is InChI=1S/C16H14N2O3S/c19-16(20)12(9-22)17-15-10-5-1-3-7-13(10)18(21)14-8-4-2-6-11(14)15/h1-8,12,21H,9H2,(H2,19,20,22)/p+1. The van der Waals surface area contributed by atoms with Crippen LogP contribution in [0.5, 0.6) is 0 Å². The quantitative estimate of drug-likeness (QED) is 0.258.